The summed E-state index contributed by atoms with van der Waals surface area (Å²) in [5, 5.41) is 0. The predicted molar refractivity (Wildman–Crippen MR) is 97.5 cm³/mol. The molecule has 1 saturated heterocycles. The van der Waals surface area contributed by atoms with Crippen LogP contribution in [0, 0.1) is 5.92 Å². The number of hydrogen-bond donors (Lipinski definition) is 0. The van der Waals surface area contributed by atoms with E-state index in [1.807, 2.05) is 13.8 Å². The lowest BCUT2D eigenvalue weighted by Crippen LogP contribution is -2.57. The van der Waals surface area contributed by atoms with Gasteiger partial charge in [0.15, 0.2) is 12.4 Å². The van der Waals surface area contributed by atoms with Gasteiger partial charge in [-0.2, -0.15) is 0 Å². The Morgan fingerprint density at radius 3 is 2.04 bits per heavy atom. The average Bonchev–Trinajstić information content (AvgIpc) is 2.61. The fraction of sp³-hybridized carbons (Fsp3) is 0.889. The van der Waals surface area contributed by atoms with Crippen molar-refractivity contribution in [2.75, 3.05) is 38.9 Å². The molecule has 0 spiro atoms. The molecule has 9 heteroatoms. The van der Waals surface area contributed by atoms with Crippen LogP contribution in [-0.4, -0.2) is 75.5 Å². The highest BCUT2D eigenvalue weighted by Crippen LogP contribution is 2.32. The van der Waals surface area contributed by atoms with Gasteiger partial charge in [-0.25, -0.2) is 0 Å². The number of ether oxygens (including phenoxy) is 6. The van der Waals surface area contributed by atoms with Crippen LogP contribution in [0.2, 0.25) is 0 Å². The van der Waals surface area contributed by atoms with E-state index in [2.05, 4.69) is 0 Å². The molecule has 0 amide bonds. The molecule has 0 radical (unpaired) electrons. The second-order valence-corrected chi connectivity index (χ2v) is 6.62. The lowest BCUT2D eigenvalue weighted by Gasteiger charge is -2.43. The zero-order valence-corrected chi connectivity index (χ0v) is 17.2. The molecule has 5 unspecified atom stereocenters. The molecule has 0 N–H and O–H groups in total. The normalized spacial score (nSPS) is 28.0. The first kappa shape index (κ1) is 24.1. The van der Waals surface area contributed by atoms with E-state index in [4.69, 9.17) is 40.0 Å². The molecule has 0 saturated carbocycles. The Hall–Kier alpha value is -0.930. The average molecular weight is 411 g/mol. The van der Waals surface area contributed by atoms with Crippen molar-refractivity contribution in [1.29, 1.82) is 0 Å². The topological polar surface area (TPSA) is 89.5 Å². The second kappa shape index (κ2) is 13.3. The molecule has 8 nitrogen and oxygen atoms in total. The van der Waals surface area contributed by atoms with Gasteiger partial charge < -0.3 is 28.4 Å². The van der Waals surface area contributed by atoms with Crippen LogP contribution < -0.4 is 0 Å². The fourth-order valence-corrected chi connectivity index (χ4v) is 3.03. The summed E-state index contributed by atoms with van der Waals surface area (Å²) in [4.78, 5) is 23.0. The molecule has 0 aliphatic carbocycles. The van der Waals surface area contributed by atoms with Gasteiger partial charge in [-0.1, -0.05) is 13.8 Å². The summed E-state index contributed by atoms with van der Waals surface area (Å²) in [5.41, 5.74) is 0. The molecule has 0 aromatic rings. The van der Waals surface area contributed by atoms with Gasteiger partial charge in [-0.05, 0) is 6.42 Å². The maximum Gasteiger partial charge on any atom is 0.303 e. The van der Waals surface area contributed by atoms with Crippen molar-refractivity contribution < 1.29 is 38.0 Å². The quantitative estimate of drug-likeness (QED) is 0.274. The van der Waals surface area contributed by atoms with Crippen LogP contribution >= 0.6 is 11.6 Å². The number of esters is 2. The van der Waals surface area contributed by atoms with E-state index < -0.39 is 30.4 Å². The van der Waals surface area contributed by atoms with Gasteiger partial charge in [0.2, 0.25) is 0 Å². The largest absolute Gasteiger partial charge is 0.458 e. The van der Waals surface area contributed by atoms with Crippen LogP contribution in [0.25, 0.3) is 0 Å². The Morgan fingerprint density at radius 1 is 0.926 bits per heavy atom. The Labute approximate surface area is 165 Å². The SMILES string of the molecule is CCC1OC(OCCOCCOCCCl)C(OC(C)=O)C(OC(C)=O)C1C. The number of carbonyl (C=O) groups excluding carboxylic acids is 2. The molecular weight excluding hydrogens is 380 g/mol. The van der Waals surface area contributed by atoms with Crippen LogP contribution in [-0.2, 0) is 38.0 Å². The third-order valence-electron chi connectivity index (χ3n) is 4.12. The van der Waals surface area contributed by atoms with Crippen LogP contribution in [0.3, 0.4) is 0 Å². The highest BCUT2D eigenvalue weighted by molar-refractivity contribution is 6.17. The molecule has 1 aliphatic heterocycles. The summed E-state index contributed by atoms with van der Waals surface area (Å²) in [5.74, 6) is -0.636. The lowest BCUT2D eigenvalue weighted by atomic mass is 9.89. The van der Waals surface area contributed by atoms with E-state index in [1.54, 1.807) is 0 Å². The standard InChI is InChI=1S/C18H31ClO8/c1-5-15-12(2)16(25-13(3)20)17(26-14(4)21)18(27-15)24-11-10-23-9-8-22-7-6-19/h12,15-18H,5-11H2,1-4H3. The molecule has 1 aliphatic rings. The predicted octanol–water partition coefficient (Wildman–Crippen LogP) is 1.91. The molecule has 158 valence electrons. The van der Waals surface area contributed by atoms with E-state index in [-0.39, 0.29) is 18.6 Å². The Morgan fingerprint density at radius 2 is 1.48 bits per heavy atom. The molecule has 1 rings (SSSR count). The minimum Gasteiger partial charge on any atom is -0.458 e. The highest BCUT2D eigenvalue weighted by Gasteiger charge is 2.47. The maximum absolute atomic E-state index is 11.5. The first-order chi connectivity index (χ1) is 12.9. The van der Waals surface area contributed by atoms with Gasteiger partial charge in [0, 0.05) is 25.6 Å². The molecule has 5 atom stereocenters. The summed E-state index contributed by atoms with van der Waals surface area (Å²) in [6.07, 6.45) is -1.79. The monoisotopic (exact) mass is 410 g/mol. The minimum atomic E-state index is -0.838. The maximum atomic E-state index is 11.5. The van der Waals surface area contributed by atoms with Crippen molar-refractivity contribution in [2.45, 2.75) is 58.7 Å². The van der Waals surface area contributed by atoms with Gasteiger partial charge >= 0.3 is 11.9 Å². The number of alkyl halides is 1. The zero-order chi connectivity index (χ0) is 20.2. The summed E-state index contributed by atoms with van der Waals surface area (Å²) >= 11 is 5.51. The molecule has 0 aromatic carbocycles. The van der Waals surface area contributed by atoms with E-state index >= 15 is 0 Å². The molecule has 0 bridgehead atoms. The van der Waals surface area contributed by atoms with Crippen molar-refractivity contribution in [2.24, 2.45) is 5.92 Å². The minimum absolute atomic E-state index is 0.140. The smallest absolute Gasteiger partial charge is 0.303 e. The van der Waals surface area contributed by atoms with E-state index in [9.17, 15) is 9.59 Å². The summed E-state index contributed by atoms with van der Waals surface area (Å²) in [7, 11) is 0. The molecule has 1 fully saturated rings. The van der Waals surface area contributed by atoms with E-state index in [0.29, 0.717) is 38.7 Å². The Balaban J connectivity index is 2.61. The van der Waals surface area contributed by atoms with Crippen molar-refractivity contribution in [3.05, 3.63) is 0 Å². The molecule has 27 heavy (non-hydrogen) atoms. The number of rotatable bonds is 12. The Kier molecular flexibility index (Phi) is 11.9. The third-order valence-corrected chi connectivity index (χ3v) is 4.27. The fourth-order valence-electron chi connectivity index (χ4n) is 2.92. The first-order valence-electron chi connectivity index (χ1n) is 9.23. The number of hydrogen-bond acceptors (Lipinski definition) is 8. The van der Waals surface area contributed by atoms with Gasteiger partial charge in [0.05, 0.1) is 39.1 Å². The molecular formula is C18H31ClO8. The molecule has 0 aromatic heterocycles. The Bertz CT molecular complexity index is 447. The van der Waals surface area contributed by atoms with Gasteiger partial charge in [0.25, 0.3) is 0 Å². The van der Waals surface area contributed by atoms with Crippen LogP contribution in [0.1, 0.15) is 34.1 Å². The van der Waals surface area contributed by atoms with Crippen LogP contribution in [0.4, 0.5) is 0 Å². The lowest BCUT2D eigenvalue weighted by molar-refractivity contribution is -0.291. The van der Waals surface area contributed by atoms with Crippen molar-refractivity contribution in [1.82, 2.24) is 0 Å². The van der Waals surface area contributed by atoms with Crippen molar-refractivity contribution in [3.8, 4) is 0 Å². The van der Waals surface area contributed by atoms with Gasteiger partial charge in [-0.15, -0.1) is 11.6 Å². The third kappa shape index (κ3) is 8.74. The summed E-state index contributed by atoms with van der Waals surface area (Å²) < 4.78 is 33.1. The summed E-state index contributed by atoms with van der Waals surface area (Å²) in [6.45, 7) is 8.40. The van der Waals surface area contributed by atoms with Crippen LogP contribution in [0.15, 0.2) is 0 Å². The zero-order valence-electron chi connectivity index (χ0n) is 16.5. The van der Waals surface area contributed by atoms with E-state index in [1.165, 1.54) is 13.8 Å². The van der Waals surface area contributed by atoms with Crippen molar-refractivity contribution >= 4 is 23.5 Å². The van der Waals surface area contributed by atoms with Crippen LogP contribution in [0.5, 0.6) is 0 Å². The van der Waals surface area contributed by atoms with Gasteiger partial charge in [-0.3, -0.25) is 9.59 Å². The highest BCUT2D eigenvalue weighted by atomic mass is 35.5. The number of halogens is 1. The second-order valence-electron chi connectivity index (χ2n) is 6.24. The van der Waals surface area contributed by atoms with E-state index in [0.717, 1.165) is 0 Å². The van der Waals surface area contributed by atoms with Crippen molar-refractivity contribution in [3.63, 3.8) is 0 Å². The van der Waals surface area contributed by atoms with Gasteiger partial charge in [0.1, 0.15) is 6.10 Å². The first-order valence-corrected chi connectivity index (χ1v) is 9.77. The molecule has 1 heterocycles. The summed E-state index contributed by atoms with van der Waals surface area (Å²) in [6, 6.07) is 0. The number of carbonyl (C=O) groups is 2.